The van der Waals surface area contributed by atoms with Crippen molar-refractivity contribution in [2.75, 3.05) is 0 Å². The van der Waals surface area contributed by atoms with Gasteiger partial charge in [-0.15, -0.1) is 0 Å². The van der Waals surface area contributed by atoms with Gasteiger partial charge in [-0.3, -0.25) is 0 Å². The van der Waals surface area contributed by atoms with E-state index in [4.69, 9.17) is 0 Å². The van der Waals surface area contributed by atoms with Crippen LogP contribution in [0, 0.1) is 11.7 Å². The third-order valence-electron chi connectivity index (χ3n) is 3.91. The van der Waals surface area contributed by atoms with Gasteiger partial charge < -0.3 is 5.11 Å². The average Bonchev–Trinajstić information content (AvgIpc) is 2.33. The van der Waals surface area contributed by atoms with Crippen molar-refractivity contribution < 1.29 is 13.9 Å². The minimum atomic E-state index is -0.688. The number of hydrogen-bond acceptors (Lipinski definition) is 1. The van der Waals surface area contributed by atoms with Gasteiger partial charge in [-0.25, -0.2) is 8.78 Å². The zero-order valence-corrected chi connectivity index (χ0v) is 10.00. The van der Waals surface area contributed by atoms with Gasteiger partial charge in [0, 0.05) is 0 Å². The standard InChI is InChI=1S/C14H18F2O/c1-9(10-5-7-11(15)8-6-10)12-3-2-4-13(17)14(12)16/h2-4,9-11,17H,5-8H2,1H3. The van der Waals surface area contributed by atoms with E-state index in [9.17, 15) is 13.9 Å². The first-order valence-electron chi connectivity index (χ1n) is 6.21. The monoisotopic (exact) mass is 240 g/mol. The second kappa shape index (κ2) is 5.03. The topological polar surface area (TPSA) is 20.2 Å². The maximum absolute atomic E-state index is 13.8. The van der Waals surface area contributed by atoms with E-state index in [1.807, 2.05) is 6.92 Å². The highest BCUT2D eigenvalue weighted by Crippen LogP contribution is 2.38. The molecular formula is C14H18F2O. The van der Waals surface area contributed by atoms with Gasteiger partial charge in [0.15, 0.2) is 11.6 Å². The molecule has 0 spiro atoms. The Labute approximate surface area is 100 Å². The Kier molecular flexibility index (Phi) is 3.65. The van der Waals surface area contributed by atoms with Crippen molar-refractivity contribution in [2.24, 2.45) is 5.92 Å². The van der Waals surface area contributed by atoms with E-state index in [-0.39, 0.29) is 11.7 Å². The maximum Gasteiger partial charge on any atom is 0.168 e. The fourth-order valence-electron chi connectivity index (χ4n) is 2.72. The molecule has 0 radical (unpaired) electrons. The molecule has 0 aliphatic heterocycles. The fraction of sp³-hybridized carbons (Fsp3) is 0.571. The van der Waals surface area contributed by atoms with Crippen molar-refractivity contribution in [3.05, 3.63) is 29.6 Å². The van der Waals surface area contributed by atoms with Crippen molar-refractivity contribution >= 4 is 0 Å². The Bertz CT molecular complexity index is 384. The molecule has 1 unspecified atom stereocenters. The van der Waals surface area contributed by atoms with Crippen LogP contribution < -0.4 is 0 Å². The first-order chi connectivity index (χ1) is 8.09. The second-order valence-corrected chi connectivity index (χ2v) is 4.98. The molecule has 17 heavy (non-hydrogen) atoms. The van der Waals surface area contributed by atoms with Crippen LogP contribution in [0.2, 0.25) is 0 Å². The van der Waals surface area contributed by atoms with Crippen LogP contribution in [0.3, 0.4) is 0 Å². The highest BCUT2D eigenvalue weighted by molar-refractivity contribution is 5.32. The molecule has 1 atom stereocenters. The van der Waals surface area contributed by atoms with Crippen molar-refractivity contribution in [3.63, 3.8) is 0 Å². The van der Waals surface area contributed by atoms with Crippen molar-refractivity contribution in [3.8, 4) is 5.75 Å². The molecule has 1 N–H and O–H groups in total. The normalized spacial score (nSPS) is 26.8. The number of phenolic OH excluding ortho intramolecular Hbond substituents is 1. The van der Waals surface area contributed by atoms with E-state index in [1.165, 1.54) is 6.07 Å². The molecule has 3 heteroatoms. The lowest BCUT2D eigenvalue weighted by atomic mass is 9.77. The lowest BCUT2D eigenvalue weighted by Gasteiger charge is -2.29. The number of halogens is 2. The third-order valence-corrected chi connectivity index (χ3v) is 3.91. The molecule has 0 amide bonds. The molecule has 1 aromatic rings. The van der Waals surface area contributed by atoms with Crippen molar-refractivity contribution in [2.45, 2.75) is 44.7 Å². The number of hydrogen-bond donors (Lipinski definition) is 1. The summed E-state index contributed by atoms with van der Waals surface area (Å²) in [5.41, 5.74) is 0.548. The summed E-state index contributed by atoms with van der Waals surface area (Å²) in [6, 6.07) is 4.72. The Morgan fingerprint density at radius 2 is 1.88 bits per heavy atom. The molecule has 0 heterocycles. The first-order valence-corrected chi connectivity index (χ1v) is 6.21. The van der Waals surface area contributed by atoms with Crippen LogP contribution in [0.4, 0.5) is 8.78 Å². The molecule has 1 nitrogen and oxygen atoms in total. The van der Waals surface area contributed by atoms with Crippen molar-refractivity contribution in [1.82, 2.24) is 0 Å². The quantitative estimate of drug-likeness (QED) is 0.822. The van der Waals surface area contributed by atoms with Gasteiger partial charge >= 0.3 is 0 Å². The number of alkyl halides is 1. The predicted molar refractivity (Wildman–Crippen MR) is 63.3 cm³/mol. The van der Waals surface area contributed by atoms with Crippen LogP contribution in [0.5, 0.6) is 5.75 Å². The smallest absolute Gasteiger partial charge is 0.168 e. The van der Waals surface area contributed by atoms with Gasteiger partial charge in [0.1, 0.15) is 6.17 Å². The summed E-state index contributed by atoms with van der Waals surface area (Å²) in [5, 5.41) is 9.35. The third kappa shape index (κ3) is 2.59. The van der Waals surface area contributed by atoms with Gasteiger partial charge in [0.2, 0.25) is 0 Å². The van der Waals surface area contributed by atoms with Crippen LogP contribution >= 0.6 is 0 Å². The summed E-state index contributed by atoms with van der Waals surface area (Å²) in [6.07, 6.45) is 2.08. The van der Waals surface area contributed by atoms with Crippen LogP contribution in [-0.2, 0) is 0 Å². The van der Waals surface area contributed by atoms with Crippen molar-refractivity contribution in [1.29, 1.82) is 0 Å². The van der Waals surface area contributed by atoms with Crippen LogP contribution in [-0.4, -0.2) is 11.3 Å². The van der Waals surface area contributed by atoms with E-state index >= 15 is 0 Å². The zero-order chi connectivity index (χ0) is 12.4. The SMILES string of the molecule is CC(c1cccc(O)c1F)C1CCC(F)CC1. The van der Waals surface area contributed by atoms with Gasteiger partial charge in [-0.2, -0.15) is 0 Å². The Morgan fingerprint density at radius 3 is 2.53 bits per heavy atom. The maximum atomic E-state index is 13.8. The lowest BCUT2D eigenvalue weighted by Crippen LogP contribution is -2.20. The fourth-order valence-corrected chi connectivity index (χ4v) is 2.72. The molecule has 1 aliphatic rings. The molecule has 0 bridgehead atoms. The Hall–Kier alpha value is -1.12. The Balaban J connectivity index is 2.14. The lowest BCUT2D eigenvalue weighted by molar-refractivity contribution is 0.192. The van der Waals surface area contributed by atoms with Gasteiger partial charge in [0.25, 0.3) is 0 Å². The van der Waals surface area contributed by atoms with Gasteiger partial charge in [0.05, 0.1) is 0 Å². The van der Waals surface area contributed by atoms with E-state index in [1.54, 1.807) is 12.1 Å². The zero-order valence-electron chi connectivity index (χ0n) is 10.00. The van der Waals surface area contributed by atoms with Crippen LogP contribution in [0.15, 0.2) is 18.2 Å². The van der Waals surface area contributed by atoms with Gasteiger partial charge in [-0.1, -0.05) is 19.1 Å². The van der Waals surface area contributed by atoms with Crippen LogP contribution in [0.25, 0.3) is 0 Å². The summed E-state index contributed by atoms with van der Waals surface area (Å²) in [6.45, 7) is 1.96. The summed E-state index contributed by atoms with van der Waals surface area (Å²) in [7, 11) is 0. The minimum absolute atomic E-state index is 0.0367. The van der Waals surface area contributed by atoms with E-state index in [0.29, 0.717) is 24.3 Å². The summed E-state index contributed by atoms with van der Waals surface area (Å²) in [5.74, 6) is -0.469. The second-order valence-electron chi connectivity index (χ2n) is 4.98. The predicted octanol–water partition coefficient (Wildman–Crippen LogP) is 4.16. The number of phenols is 1. The molecule has 1 fully saturated rings. The molecule has 0 aromatic heterocycles. The van der Waals surface area contributed by atoms with Gasteiger partial charge in [-0.05, 0) is 49.1 Å². The van der Waals surface area contributed by atoms with E-state index in [0.717, 1.165) is 12.8 Å². The number of aromatic hydroxyl groups is 1. The van der Waals surface area contributed by atoms with E-state index in [2.05, 4.69) is 0 Å². The first kappa shape index (κ1) is 12.3. The molecular weight excluding hydrogens is 222 g/mol. The number of benzene rings is 1. The molecule has 1 aromatic carbocycles. The molecule has 0 saturated heterocycles. The largest absolute Gasteiger partial charge is 0.505 e. The highest BCUT2D eigenvalue weighted by Gasteiger charge is 2.27. The molecule has 1 saturated carbocycles. The molecule has 94 valence electrons. The summed E-state index contributed by atoms with van der Waals surface area (Å²) < 4.78 is 26.8. The van der Waals surface area contributed by atoms with E-state index < -0.39 is 12.0 Å². The molecule has 1 aliphatic carbocycles. The summed E-state index contributed by atoms with van der Waals surface area (Å²) >= 11 is 0. The Morgan fingerprint density at radius 1 is 1.24 bits per heavy atom. The van der Waals surface area contributed by atoms with Crippen LogP contribution in [0.1, 0.15) is 44.1 Å². The molecule has 2 rings (SSSR count). The number of rotatable bonds is 2. The summed E-state index contributed by atoms with van der Waals surface area (Å²) in [4.78, 5) is 0. The average molecular weight is 240 g/mol. The highest BCUT2D eigenvalue weighted by atomic mass is 19.1. The minimum Gasteiger partial charge on any atom is -0.505 e.